The van der Waals surface area contributed by atoms with Crippen molar-refractivity contribution in [1.29, 1.82) is 0 Å². The Labute approximate surface area is 101 Å². The Morgan fingerprint density at radius 2 is 2.41 bits per heavy atom. The van der Waals surface area contributed by atoms with Crippen molar-refractivity contribution in [3.05, 3.63) is 29.8 Å². The fourth-order valence-corrected chi connectivity index (χ4v) is 3.17. The molecule has 1 aliphatic carbocycles. The van der Waals surface area contributed by atoms with Gasteiger partial charge in [0.15, 0.2) is 0 Å². The van der Waals surface area contributed by atoms with Gasteiger partial charge in [-0.15, -0.1) is 0 Å². The van der Waals surface area contributed by atoms with Crippen LogP contribution in [-0.2, 0) is 11.2 Å². The minimum Gasteiger partial charge on any atom is -0.497 e. The van der Waals surface area contributed by atoms with Crippen molar-refractivity contribution in [2.45, 2.75) is 19.3 Å². The zero-order chi connectivity index (χ0) is 11.9. The van der Waals surface area contributed by atoms with Gasteiger partial charge in [-0.2, -0.15) is 0 Å². The summed E-state index contributed by atoms with van der Waals surface area (Å²) in [6.07, 6.45) is 3.19. The molecule has 0 aromatic heterocycles. The standard InChI is InChI=1S/C14H17NO2/c1-17-11-4-2-3-10(7-11)8-14-6-5-12(14)13(16)15-9-14/h2-4,7,12H,5-6,8-9H2,1H3,(H,15,16). The number of methoxy groups -OCH3 is 1. The lowest BCUT2D eigenvalue weighted by Crippen LogP contribution is -2.42. The zero-order valence-corrected chi connectivity index (χ0v) is 10.0. The van der Waals surface area contributed by atoms with Crippen molar-refractivity contribution in [3.63, 3.8) is 0 Å². The van der Waals surface area contributed by atoms with Crippen molar-refractivity contribution < 1.29 is 9.53 Å². The number of rotatable bonds is 3. The molecule has 17 heavy (non-hydrogen) atoms. The average Bonchev–Trinajstić information content (AvgIpc) is 2.52. The Hall–Kier alpha value is -1.51. The van der Waals surface area contributed by atoms with Gasteiger partial charge in [0.1, 0.15) is 5.75 Å². The molecule has 0 radical (unpaired) electrons. The van der Waals surface area contributed by atoms with Gasteiger partial charge in [-0.3, -0.25) is 4.79 Å². The van der Waals surface area contributed by atoms with Crippen molar-refractivity contribution in [2.24, 2.45) is 11.3 Å². The highest BCUT2D eigenvalue weighted by atomic mass is 16.5. The fourth-order valence-electron chi connectivity index (χ4n) is 3.17. The van der Waals surface area contributed by atoms with E-state index in [4.69, 9.17) is 4.74 Å². The molecule has 1 amide bonds. The van der Waals surface area contributed by atoms with E-state index in [1.165, 1.54) is 5.56 Å². The highest BCUT2D eigenvalue weighted by Crippen LogP contribution is 2.51. The van der Waals surface area contributed by atoms with E-state index in [2.05, 4.69) is 17.4 Å². The molecule has 3 heteroatoms. The number of fused-ring (bicyclic) bond motifs is 1. The molecule has 2 aliphatic rings. The van der Waals surface area contributed by atoms with Crippen LogP contribution in [0.1, 0.15) is 18.4 Å². The highest BCUT2D eigenvalue weighted by molar-refractivity contribution is 5.83. The molecule has 1 aromatic rings. The summed E-state index contributed by atoms with van der Waals surface area (Å²) in [5, 5.41) is 3.00. The number of benzene rings is 1. The van der Waals surface area contributed by atoms with Gasteiger partial charge in [0, 0.05) is 17.9 Å². The minimum absolute atomic E-state index is 0.184. The molecule has 1 aliphatic heterocycles. The van der Waals surface area contributed by atoms with Crippen LogP contribution in [0, 0.1) is 11.3 Å². The predicted molar refractivity (Wildman–Crippen MR) is 64.9 cm³/mol. The third-order valence-electron chi connectivity index (χ3n) is 4.29. The number of ether oxygens (including phenoxy) is 1. The molecule has 0 bridgehead atoms. The molecule has 0 spiro atoms. The van der Waals surface area contributed by atoms with Crippen molar-refractivity contribution in [3.8, 4) is 5.75 Å². The van der Waals surface area contributed by atoms with Gasteiger partial charge in [-0.25, -0.2) is 0 Å². The number of amides is 1. The van der Waals surface area contributed by atoms with Gasteiger partial charge in [-0.1, -0.05) is 12.1 Å². The molecule has 1 N–H and O–H groups in total. The normalized spacial score (nSPS) is 30.4. The Kier molecular flexibility index (Phi) is 2.35. The summed E-state index contributed by atoms with van der Waals surface area (Å²) in [6, 6.07) is 8.17. The minimum atomic E-state index is 0.184. The molecular formula is C14H17NO2. The molecule has 2 fully saturated rings. The molecule has 90 valence electrons. The average molecular weight is 231 g/mol. The van der Waals surface area contributed by atoms with Crippen molar-refractivity contribution >= 4 is 5.91 Å². The van der Waals surface area contributed by atoms with Gasteiger partial charge in [-0.05, 0) is 37.0 Å². The van der Waals surface area contributed by atoms with Crippen LogP contribution in [0.3, 0.4) is 0 Å². The summed E-state index contributed by atoms with van der Waals surface area (Å²) in [5.74, 6) is 1.39. The van der Waals surface area contributed by atoms with E-state index < -0.39 is 0 Å². The third-order valence-corrected chi connectivity index (χ3v) is 4.29. The van der Waals surface area contributed by atoms with E-state index in [0.29, 0.717) is 0 Å². The predicted octanol–water partition coefficient (Wildman–Crippen LogP) is 1.76. The first-order valence-corrected chi connectivity index (χ1v) is 6.14. The molecule has 2 unspecified atom stereocenters. The van der Waals surface area contributed by atoms with E-state index in [1.807, 2.05) is 12.1 Å². The van der Waals surface area contributed by atoms with E-state index in [1.54, 1.807) is 7.11 Å². The first-order valence-electron chi connectivity index (χ1n) is 6.14. The lowest BCUT2D eigenvalue weighted by Gasteiger charge is -2.42. The van der Waals surface area contributed by atoms with Gasteiger partial charge >= 0.3 is 0 Å². The fraction of sp³-hybridized carbons (Fsp3) is 0.500. The Morgan fingerprint density at radius 1 is 1.53 bits per heavy atom. The first-order chi connectivity index (χ1) is 8.23. The van der Waals surface area contributed by atoms with E-state index in [9.17, 15) is 4.79 Å². The Morgan fingerprint density at radius 3 is 3.06 bits per heavy atom. The van der Waals surface area contributed by atoms with Crippen LogP contribution in [0.25, 0.3) is 0 Å². The maximum absolute atomic E-state index is 11.6. The third kappa shape index (κ3) is 1.61. The summed E-state index contributed by atoms with van der Waals surface area (Å²) in [6.45, 7) is 0.841. The largest absolute Gasteiger partial charge is 0.497 e. The number of hydrogen-bond acceptors (Lipinski definition) is 2. The number of hydrogen-bond donors (Lipinski definition) is 1. The molecular weight excluding hydrogens is 214 g/mol. The van der Waals surface area contributed by atoms with E-state index >= 15 is 0 Å². The summed E-state index contributed by atoms with van der Waals surface area (Å²) >= 11 is 0. The zero-order valence-electron chi connectivity index (χ0n) is 10.0. The monoisotopic (exact) mass is 231 g/mol. The summed E-state index contributed by atoms with van der Waals surface area (Å²) in [4.78, 5) is 11.6. The molecule has 1 saturated carbocycles. The van der Waals surface area contributed by atoms with Crippen LogP contribution in [0.2, 0.25) is 0 Å². The quantitative estimate of drug-likeness (QED) is 0.861. The van der Waals surface area contributed by atoms with Crippen LogP contribution in [0.15, 0.2) is 24.3 Å². The molecule has 1 saturated heterocycles. The maximum atomic E-state index is 11.6. The summed E-state index contributed by atoms with van der Waals surface area (Å²) in [5.41, 5.74) is 1.45. The van der Waals surface area contributed by atoms with Crippen LogP contribution in [-0.4, -0.2) is 19.6 Å². The van der Waals surface area contributed by atoms with Gasteiger partial charge in [0.2, 0.25) is 5.91 Å². The lowest BCUT2D eigenvalue weighted by molar-refractivity contribution is -0.127. The first kappa shape index (κ1) is 10.6. The summed E-state index contributed by atoms with van der Waals surface area (Å²) in [7, 11) is 1.68. The molecule has 1 aromatic carbocycles. The SMILES string of the molecule is COc1cccc(CC23CCC2C(=O)NC3)c1. The second kappa shape index (κ2) is 3.76. The lowest BCUT2D eigenvalue weighted by atomic mass is 9.59. The number of nitrogens with one attached hydrogen (secondary N) is 1. The van der Waals surface area contributed by atoms with Crippen LogP contribution in [0.4, 0.5) is 0 Å². The Balaban J connectivity index is 1.81. The van der Waals surface area contributed by atoms with Crippen molar-refractivity contribution in [2.75, 3.05) is 13.7 Å². The topological polar surface area (TPSA) is 38.3 Å². The van der Waals surface area contributed by atoms with Gasteiger partial charge in [0.25, 0.3) is 0 Å². The second-order valence-electron chi connectivity index (χ2n) is 5.20. The molecule has 2 atom stereocenters. The molecule has 1 heterocycles. The molecule has 3 nitrogen and oxygen atoms in total. The van der Waals surface area contributed by atoms with E-state index in [0.717, 1.165) is 31.6 Å². The Bertz CT molecular complexity index is 457. The van der Waals surface area contributed by atoms with E-state index in [-0.39, 0.29) is 17.2 Å². The number of carbonyl (C=O) groups excluding carboxylic acids is 1. The smallest absolute Gasteiger partial charge is 0.223 e. The second-order valence-corrected chi connectivity index (χ2v) is 5.20. The van der Waals surface area contributed by atoms with Gasteiger partial charge in [0.05, 0.1) is 7.11 Å². The van der Waals surface area contributed by atoms with Crippen molar-refractivity contribution in [1.82, 2.24) is 5.32 Å². The maximum Gasteiger partial charge on any atom is 0.223 e. The summed E-state index contributed by atoms with van der Waals surface area (Å²) < 4.78 is 5.24. The molecule has 3 rings (SSSR count). The van der Waals surface area contributed by atoms with Gasteiger partial charge < -0.3 is 10.1 Å². The highest BCUT2D eigenvalue weighted by Gasteiger charge is 2.54. The number of carbonyl (C=O) groups is 1. The van der Waals surface area contributed by atoms with Crippen LogP contribution < -0.4 is 10.1 Å². The van der Waals surface area contributed by atoms with Crippen LogP contribution in [0.5, 0.6) is 5.75 Å². The van der Waals surface area contributed by atoms with Crippen LogP contribution >= 0.6 is 0 Å².